The third-order valence-corrected chi connectivity index (χ3v) is 2.97. The lowest BCUT2D eigenvalue weighted by Gasteiger charge is -2.16. The van der Waals surface area contributed by atoms with E-state index in [0.717, 1.165) is 18.0 Å². The fourth-order valence-electron chi connectivity index (χ4n) is 2.08. The van der Waals surface area contributed by atoms with Gasteiger partial charge in [0.05, 0.1) is 12.1 Å². The van der Waals surface area contributed by atoms with Crippen LogP contribution >= 0.6 is 0 Å². The molecular formula is C14H16F2N2O. The molecule has 1 aromatic carbocycles. The Morgan fingerprint density at radius 3 is 2.47 bits per heavy atom. The Morgan fingerprint density at radius 2 is 1.89 bits per heavy atom. The molecule has 0 aliphatic carbocycles. The molecule has 0 saturated heterocycles. The van der Waals surface area contributed by atoms with Crippen molar-refractivity contribution < 1.29 is 13.9 Å². The first kappa shape index (κ1) is 13.7. The molecule has 102 valence electrons. The highest BCUT2D eigenvalue weighted by Crippen LogP contribution is 2.23. The van der Waals surface area contributed by atoms with E-state index in [2.05, 4.69) is 4.98 Å². The van der Waals surface area contributed by atoms with Gasteiger partial charge in [-0.05, 0) is 12.1 Å². The van der Waals surface area contributed by atoms with Crippen LogP contribution in [0.1, 0.15) is 37.3 Å². The monoisotopic (exact) mass is 266 g/mol. The quantitative estimate of drug-likeness (QED) is 0.923. The van der Waals surface area contributed by atoms with Gasteiger partial charge in [0.1, 0.15) is 23.6 Å². The van der Waals surface area contributed by atoms with Crippen LogP contribution in [-0.4, -0.2) is 14.7 Å². The SMILES string of the molecule is CC(C)c1nccn1CC(O)c1c(F)cccc1F. The van der Waals surface area contributed by atoms with E-state index in [-0.39, 0.29) is 18.0 Å². The van der Waals surface area contributed by atoms with Crippen LogP contribution in [0.2, 0.25) is 0 Å². The van der Waals surface area contributed by atoms with Gasteiger partial charge in [-0.1, -0.05) is 19.9 Å². The highest BCUT2D eigenvalue weighted by atomic mass is 19.1. The summed E-state index contributed by atoms with van der Waals surface area (Å²) in [6.45, 7) is 4.01. The van der Waals surface area contributed by atoms with Crippen molar-refractivity contribution in [1.29, 1.82) is 0 Å². The number of benzene rings is 1. The van der Waals surface area contributed by atoms with Gasteiger partial charge in [0.15, 0.2) is 0 Å². The smallest absolute Gasteiger partial charge is 0.132 e. The van der Waals surface area contributed by atoms with Gasteiger partial charge in [-0.2, -0.15) is 0 Å². The summed E-state index contributed by atoms with van der Waals surface area (Å²) < 4.78 is 28.8. The minimum atomic E-state index is -1.24. The Hall–Kier alpha value is -1.75. The zero-order valence-corrected chi connectivity index (χ0v) is 10.8. The van der Waals surface area contributed by atoms with Gasteiger partial charge in [-0.3, -0.25) is 0 Å². The minimum Gasteiger partial charge on any atom is -0.386 e. The number of nitrogens with zero attached hydrogens (tertiary/aromatic N) is 2. The fraction of sp³-hybridized carbons (Fsp3) is 0.357. The number of aliphatic hydroxyl groups is 1. The molecule has 1 heterocycles. The zero-order valence-electron chi connectivity index (χ0n) is 10.8. The first-order chi connectivity index (χ1) is 9.00. The van der Waals surface area contributed by atoms with Crippen molar-refractivity contribution in [2.75, 3.05) is 0 Å². The van der Waals surface area contributed by atoms with Crippen LogP contribution in [-0.2, 0) is 6.54 Å². The lowest BCUT2D eigenvalue weighted by atomic mass is 10.1. The van der Waals surface area contributed by atoms with Gasteiger partial charge in [0.2, 0.25) is 0 Å². The van der Waals surface area contributed by atoms with E-state index in [1.807, 2.05) is 13.8 Å². The van der Waals surface area contributed by atoms with E-state index in [1.165, 1.54) is 6.07 Å². The average molecular weight is 266 g/mol. The van der Waals surface area contributed by atoms with Crippen LogP contribution in [0.3, 0.4) is 0 Å². The first-order valence-electron chi connectivity index (χ1n) is 6.13. The number of rotatable bonds is 4. The Balaban J connectivity index is 2.26. The number of halogens is 2. The predicted octanol–water partition coefficient (Wildman–Crippen LogP) is 3.02. The van der Waals surface area contributed by atoms with Crippen LogP contribution in [0.15, 0.2) is 30.6 Å². The van der Waals surface area contributed by atoms with Gasteiger partial charge in [-0.15, -0.1) is 0 Å². The lowest BCUT2D eigenvalue weighted by molar-refractivity contribution is 0.145. The lowest BCUT2D eigenvalue weighted by Crippen LogP contribution is -2.14. The van der Waals surface area contributed by atoms with E-state index in [0.29, 0.717) is 0 Å². The summed E-state index contributed by atoms with van der Waals surface area (Å²) in [4.78, 5) is 4.17. The van der Waals surface area contributed by atoms with Crippen LogP contribution in [0.25, 0.3) is 0 Å². The Kier molecular flexibility index (Phi) is 3.95. The van der Waals surface area contributed by atoms with Gasteiger partial charge in [-0.25, -0.2) is 13.8 Å². The van der Waals surface area contributed by atoms with E-state index >= 15 is 0 Å². The number of aromatic nitrogens is 2. The second-order valence-electron chi connectivity index (χ2n) is 4.74. The standard InChI is InChI=1S/C14H16F2N2O/c1-9(2)14-17-6-7-18(14)8-12(19)13-10(15)4-3-5-11(13)16/h3-7,9,12,19H,8H2,1-2H3. The van der Waals surface area contributed by atoms with Gasteiger partial charge < -0.3 is 9.67 Å². The first-order valence-corrected chi connectivity index (χ1v) is 6.13. The maximum absolute atomic E-state index is 13.6. The summed E-state index contributed by atoms with van der Waals surface area (Å²) in [6.07, 6.45) is 2.06. The maximum atomic E-state index is 13.6. The normalized spacial score (nSPS) is 12.9. The molecule has 1 aromatic heterocycles. The summed E-state index contributed by atoms with van der Waals surface area (Å²) in [5.74, 6) is -0.527. The van der Waals surface area contributed by atoms with Gasteiger partial charge >= 0.3 is 0 Å². The molecule has 0 aliphatic rings. The molecule has 19 heavy (non-hydrogen) atoms. The molecular weight excluding hydrogens is 250 g/mol. The molecule has 3 nitrogen and oxygen atoms in total. The Morgan fingerprint density at radius 1 is 1.26 bits per heavy atom. The van der Waals surface area contributed by atoms with Crippen molar-refractivity contribution in [2.24, 2.45) is 0 Å². The molecule has 0 amide bonds. The average Bonchev–Trinajstić information content (AvgIpc) is 2.76. The molecule has 5 heteroatoms. The Labute approximate surface area is 110 Å². The van der Waals surface area contributed by atoms with E-state index < -0.39 is 17.7 Å². The maximum Gasteiger partial charge on any atom is 0.132 e. The summed E-state index contributed by atoms with van der Waals surface area (Å²) >= 11 is 0. The summed E-state index contributed by atoms with van der Waals surface area (Å²) in [7, 11) is 0. The van der Waals surface area contributed by atoms with Crippen molar-refractivity contribution in [2.45, 2.75) is 32.4 Å². The highest BCUT2D eigenvalue weighted by molar-refractivity contribution is 5.22. The van der Waals surface area contributed by atoms with Crippen molar-refractivity contribution in [3.05, 3.63) is 53.6 Å². The minimum absolute atomic E-state index is 0.0748. The van der Waals surface area contributed by atoms with E-state index in [4.69, 9.17) is 0 Å². The third-order valence-electron chi connectivity index (χ3n) is 2.97. The van der Waals surface area contributed by atoms with Crippen molar-refractivity contribution in [3.8, 4) is 0 Å². The number of hydrogen-bond acceptors (Lipinski definition) is 2. The summed E-state index contributed by atoms with van der Waals surface area (Å²) in [6, 6.07) is 3.55. The Bertz CT molecular complexity index is 546. The molecule has 2 rings (SSSR count). The third kappa shape index (κ3) is 2.81. The van der Waals surface area contributed by atoms with Crippen molar-refractivity contribution in [3.63, 3.8) is 0 Å². The molecule has 0 radical (unpaired) electrons. The molecule has 1 unspecified atom stereocenters. The van der Waals surface area contributed by atoms with Crippen molar-refractivity contribution in [1.82, 2.24) is 9.55 Å². The van der Waals surface area contributed by atoms with Crippen LogP contribution in [0.5, 0.6) is 0 Å². The summed E-state index contributed by atoms with van der Waals surface area (Å²) in [5.41, 5.74) is -0.300. The number of imidazole rings is 1. The molecule has 0 saturated carbocycles. The molecule has 0 fully saturated rings. The summed E-state index contributed by atoms with van der Waals surface area (Å²) in [5, 5.41) is 10.0. The zero-order chi connectivity index (χ0) is 14.0. The molecule has 1 atom stereocenters. The van der Waals surface area contributed by atoms with Crippen LogP contribution < -0.4 is 0 Å². The number of hydrogen-bond donors (Lipinski definition) is 1. The molecule has 0 bridgehead atoms. The van der Waals surface area contributed by atoms with E-state index in [1.54, 1.807) is 17.0 Å². The molecule has 2 aromatic rings. The topological polar surface area (TPSA) is 38.0 Å². The highest BCUT2D eigenvalue weighted by Gasteiger charge is 2.19. The van der Waals surface area contributed by atoms with Crippen molar-refractivity contribution >= 4 is 0 Å². The van der Waals surface area contributed by atoms with Gasteiger partial charge in [0.25, 0.3) is 0 Å². The van der Waals surface area contributed by atoms with Crippen LogP contribution in [0.4, 0.5) is 8.78 Å². The van der Waals surface area contributed by atoms with Crippen LogP contribution in [0, 0.1) is 11.6 Å². The predicted molar refractivity (Wildman–Crippen MR) is 67.6 cm³/mol. The van der Waals surface area contributed by atoms with E-state index in [9.17, 15) is 13.9 Å². The second-order valence-corrected chi connectivity index (χ2v) is 4.74. The number of aliphatic hydroxyl groups excluding tert-OH is 1. The fourth-order valence-corrected chi connectivity index (χ4v) is 2.08. The second kappa shape index (κ2) is 5.48. The molecule has 1 N–H and O–H groups in total. The van der Waals surface area contributed by atoms with Gasteiger partial charge in [0, 0.05) is 18.3 Å². The largest absolute Gasteiger partial charge is 0.386 e. The molecule has 0 aliphatic heterocycles. The molecule has 0 spiro atoms.